The van der Waals surface area contributed by atoms with E-state index < -0.39 is 6.04 Å². The van der Waals surface area contributed by atoms with Crippen LogP contribution < -0.4 is 16.0 Å². The van der Waals surface area contributed by atoms with Gasteiger partial charge in [0, 0.05) is 23.9 Å². The number of benzene rings is 3. The fourth-order valence-corrected chi connectivity index (χ4v) is 5.33. The van der Waals surface area contributed by atoms with Gasteiger partial charge in [0.05, 0.1) is 0 Å². The molecule has 4 rings (SSSR count). The lowest BCUT2D eigenvalue weighted by Crippen LogP contribution is -2.35. The lowest BCUT2D eigenvalue weighted by atomic mass is 9.75. The molecule has 2 amide bonds. The van der Waals surface area contributed by atoms with Gasteiger partial charge in [-0.25, -0.2) is 0 Å². The minimum Gasteiger partial charge on any atom is -0.397 e. The van der Waals surface area contributed by atoms with Gasteiger partial charge < -0.3 is 21.1 Å². The molecule has 0 spiro atoms. The van der Waals surface area contributed by atoms with E-state index in [2.05, 4.69) is 40.2 Å². The van der Waals surface area contributed by atoms with E-state index in [0.717, 1.165) is 44.1 Å². The summed E-state index contributed by atoms with van der Waals surface area (Å²) in [6, 6.07) is 25.1. The summed E-state index contributed by atoms with van der Waals surface area (Å²) in [6.07, 6.45) is 5.78. The maximum absolute atomic E-state index is 13.2. The third-order valence-electron chi connectivity index (χ3n) is 6.98. The number of amides is 2. The molecular formula is C31H38ClN3O3. The second-order valence-electron chi connectivity index (χ2n) is 9.47. The normalized spacial score (nSPS) is 16.5. The molecule has 3 aromatic rings. The third kappa shape index (κ3) is 8.15. The largest absolute Gasteiger partial charge is 0.397 e. The van der Waals surface area contributed by atoms with Gasteiger partial charge in [-0.1, -0.05) is 66.2 Å². The molecule has 0 radical (unpaired) electrons. The van der Waals surface area contributed by atoms with Gasteiger partial charge in [0.2, 0.25) is 12.3 Å². The van der Waals surface area contributed by atoms with Crippen molar-refractivity contribution in [1.29, 1.82) is 0 Å². The van der Waals surface area contributed by atoms with Crippen molar-refractivity contribution in [3.05, 3.63) is 101 Å². The molecule has 2 unspecified atom stereocenters. The zero-order valence-corrected chi connectivity index (χ0v) is 22.7. The number of aryl methyl sites for hydroxylation is 1. The van der Waals surface area contributed by atoms with Gasteiger partial charge in [0.15, 0.2) is 0 Å². The number of anilines is 1. The van der Waals surface area contributed by atoms with Crippen LogP contribution in [0.3, 0.4) is 0 Å². The van der Waals surface area contributed by atoms with Gasteiger partial charge >= 0.3 is 0 Å². The molecule has 0 aliphatic heterocycles. The van der Waals surface area contributed by atoms with E-state index in [4.69, 9.17) is 16.7 Å². The molecule has 2 atom stereocenters. The first-order valence-corrected chi connectivity index (χ1v) is 13.6. The summed E-state index contributed by atoms with van der Waals surface area (Å²) in [5, 5.41) is 17.5. The van der Waals surface area contributed by atoms with Crippen molar-refractivity contribution < 1.29 is 14.7 Å². The summed E-state index contributed by atoms with van der Waals surface area (Å²) < 4.78 is 0. The Labute approximate surface area is 230 Å². The molecule has 1 aliphatic carbocycles. The number of aliphatic hydroxyl groups is 1. The molecule has 7 heteroatoms. The number of fused-ring (bicyclic) bond motifs is 1. The van der Waals surface area contributed by atoms with Gasteiger partial charge in [-0.2, -0.15) is 0 Å². The minimum absolute atomic E-state index is 0.0576. The number of halogens is 1. The van der Waals surface area contributed by atoms with Gasteiger partial charge in [0.1, 0.15) is 6.04 Å². The van der Waals surface area contributed by atoms with E-state index in [0.29, 0.717) is 23.8 Å². The number of aliphatic hydroxyl groups excluding tert-OH is 1. The first-order chi connectivity index (χ1) is 18.5. The SMILES string of the molecule is CCO.O=CNCCC1(CCCNC(C(=O)Nc2ccc(Cl)cc2)c2ccccc2)CCc2ccccc21. The molecule has 0 heterocycles. The predicted molar refractivity (Wildman–Crippen MR) is 154 cm³/mol. The van der Waals surface area contributed by atoms with Crippen LogP contribution in [-0.4, -0.2) is 37.1 Å². The summed E-state index contributed by atoms with van der Waals surface area (Å²) in [5.41, 5.74) is 4.52. The van der Waals surface area contributed by atoms with Crippen molar-refractivity contribution in [1.82, 2.24) is 10.6 Å². The van der Waals surface area contributed by atoms with E-state index in [-0.39, 0.29) is 17.9 Å². The van der Waals surface area contributed by atoms with Crippen LogP contribution in [0.1, 0.15) is 55.3 Å². The quantitative estimate of drug-likeness (QED) is 0.184. The summed E-state index contributed by atoms with van der Waals surface area (Å²) in [7, 11) is 0. The van der Waals surface area contributed by atoms with Crippen LogP contribution in [0.15, 0.2) is 78.9 Å². The van der Waals surface area contributed by atoms with Gasteiger partial charge in [-0.3, -0.25) is 9.59 Å². The second-order valence-corrected chi connectivity index (χ2v) is 9.91. The zero-order valence-electron chi connectivity index (χ0n) is 22.0. The van der Waals surface area contributed by atoms with Crippen molar-refractivity contribution in [2.24, 2.45) is 0 Å². The molecule has 0 saturated heterocycles. The molecule has 1 aliphatic rings. The number of hydrogen-bond donors (Lipinski definition) is 4. The summed E-state index contributed by atoms with van der Waals surface area (Å²) in [6.45, 7) is 3.31. The van der Waals surface area contributed by atoms with Crippen LogP contribution in [0.25, 0.3) is 0 Å². The number of hydrogen-bond acceptors (Lipinski definition) is 4. The Hall–Kier alpha value is -3.19. The van der Waals surface area contributed by atoms with Crippen molar-refractivity contribution in [3.63, 3.8) is 0 Å². The number of nitrogens with one attached hydrogen (secondary N) is 3. The lowest BCUT2D eigenvalue weighted by molar-refractivity contribution is -0.118. The number of rotatable bonds is 12. The zero-order chi connectivity index (χ0) is 27.2. The average molecular weight is 536 g/mol. The predicted octanol–water partition coefficient (Wildman–Crippen LogP) is 5.41. The standard InChI is InChI=1S/C29H32ClN3O2.C2H6O/c30-24-11-13-25(14-12-24)33-28(35)27(23-8-2-1-3-9-23)32-19-6-16-29(18-20-31-21-34)17-15-22-7-4-5-10-26(22)29;1-2-3/h1-5,7-14,21,27,32H,6,15-20H2,(H,31,34)(H,33,35);3H,2H2,1H3. The van der Waals surface area contributed by atoms with Crippen molar-refractivity contribution in [2.75, 3.05) is 25.0 Å². The molecule has 0 aromatic heterocycles. The van der Waals surface area contributed by atoms with Crippen LogP contribution in [0, 0.1) is 0 Å². The Bertz CT molecular complexity index is 1140. The first-order valence-electron chi connectivity index (χ1n) is 13.2. The minimum atomic E-state index is -0.463. The van der Waals surface area contributed by atoms with Crippen molar-refractivity contribution >= 4 is 29.6 Å². The highest BCUT2D eigenvalue weighted by atomic mass is 35.5. The summed E-state index contributed by atoms with van der Waals surface area (Å²) in [4.78, 5) is 24.0. The van der Waals surface area contributed by atoms with Gasteiger partial charge in [-0.05, 0) is 91.9 Å². The Morgan fingerprint density at radius 1 is 1.00 bits per heavy atom. The Balaban J connectivity index is 0.00000127. The monoisotopic (exact) mass is 535 g/mol. The smallest absolute Gasteiger partial charge is 0.246 e. The molecule has 0 fully saturated rings. The van der Waals surface area contributed by atoms with Crippen molar-refractivity contribution in [2.45, 2.75) is 50.5 Å². The average Bonchev–Trinajstić information content (AvgIpc) is 3.30. The molecule has 4 N–H and O–H groups in total. The fourth-order valence-electron chi connectivity index (χ4n) is 5.21. The molecule has 38 heavy (non-hydrogen) atoms. The van der Waals surface area contributed by atoms with Gasteiger partial charge in [-0.15, -0.1) is 0 Å². The molecule has 202 valence electrons. The topological polar surface area (TPSA) is 90.5 Å². The Kier molecular flexibility index (Phi) is 11.8. The molecule has 6 nitrogen and oxygen atoms in total. The highest BCUT2D eigenvalue weighted by Gasteiger charge is 2.37. The van der Waals surface area contributed by atoms with Crippen LogP contribution in [0.2, 0.25) is 5.02 Å². The van der Waals surface area contributed by atoms with E-state index >= 15 is 0 Å². The fraction of sp³-hybridized carbons (Fsp3) is 0.355. The van der Waals surface area contributed by atoms with E-state index in [9.17, 15) is 9.59 Å². The van der Waals surface area contributed by atoms with Crippen molar-refractivity contribution in [3.8, 4) is 0 Å². The van der Waals surface area contributed by atoms with Crippen LogP contribution in [-0.2, 0) is 21.4 Å². The maximum atomic E-state index is 13.2. The highest BCUT2D eigenvalue weighted by molar-refractivity contribution is 6.30. The maximum Gasteiger partial charge on any atom is 0.246 e. The molecular weight excluding hydrogens is 498 g/mol. The summed E-state index contributed by atoms with van der Waals surface area (Å²) >= 11 is 5.98. The third-order valence-corrected chi connectivity index (χ3v) is 7.23. The first kappa shape index (κ1) is 29.4. The second kappa shape index (κ2) is 15.3. The van der Waals surface area contributed by atoms with Crippen LogP contribution >= 0.6 is 11.6 Å². The number of carbonyl (C=O) groups is 2. The van der Waals surface area contributed by atoms with E-state index in [1.54, 1.807) is 31.2 Å². The highest BCUT2D eigenvalue weighted by Crippen LogP contribution is 2.44. The molecule has 0 saturated carbocycles. The van der Waals surface area contributed by atoms with Crippen LogP contribution in [0.5, 0.6) is 0 Å². The van der Waals surface area contributed by atoms with E-state index in [1.807, 2.05) is 30.3 Å². The molecule has 3 aromatic carbocycles. The lowest BCUT2D eigenvalue weighted by Gasteiger charge is -2.31. The van der Waals surface area contributed by atoms with E-state index in [1.165, 1.54) is 11.1 Å². The Morgan fingerprint density at radius 3 is 2.39 bits per heavy atom. The number of carbonyl (C=O) groups excluding carboxylic acids is 2. The summed E-state index contributed by atoms with van der Waals surface area (Å²) in [5.74, 6) is -0.102. The van der Waals surface area contributed by atoms with Crippen LogP contribution in [0.4, 0.5) is 5.69 Å². The Morgan fingerprint density at radius 2 is 1.68 bits per heavy atom. The molecule has 0 bridgehead atoms. The van der Waals surface area contributed by atoms with Gasteiger partial charge in [0.25, 0.3) is 0 Å².